The van der Waals surface area contributed by atoms with Gasteiger partial charge in [0.25, 0.3) is 0 Å². The molecule has 0 radical (unpaired) electrons. The van der Waals surface area contributed by atoms with Gasteiger partial charge in [-0.25, -0.2) is 4.79 Å². The fourth-order valence-corrected chi connectivity index (χ4v) is 1.60. The maximum Gasteiger partial charge on any atom is 0.409 e. The molecule has 0 aromatic carbocycles. The summed E-state index contributed by atoms with van der Waals surface area (Å²) in [7, 11) is 3.43. The van der Waals surface area contributed by atoms with Crippen LogP contribution in [0.4, 0.5) is 4.79 Å². The molecule has 0 heterocycles. The van der Waals surface area contributed by atoms with Crippen molar-refractivity contribution in [3.63, 3.8) is 0 Å². The first-order valence-corrected chi connectivity index (χ1v) is 4.97. The van der Waals surface area contributed by atoms with E-state index >= 15 is 0 Å². The number of ether oxygens (including phenoxy) is 1. The summed E-state index contributed by atoms with van der Waals surface area (Å²) in [6.45, 7) is 2.25. The van der Waals surface area contributed by atoms with Gasteiger partial charge in [-0.3, -0.25) is 0 Å². The minimum atomic E-state index is -0.209. The van der Waals surface area contributed by atoms with E-state index in [1.54, 1.807) is 14.1 Å². The molecule has 1 aliphatic carbocycles. The van der Waals surface area contributed by atoms with Gasteiger partial charge in [-0.1, -0.05) is 6.92 Å². The summed E-state index contributed by atoms with van der Waals surface area (Å²) in [6.07, 6.45) is 4.38. The summed E-state index contributed by atoms with van der Waals surface area (Å²) < 4.78 is 5.29. The molecule has 0 saturated heterocycles. The Labute approximate surface area is 80.1 Å². The average Bonchev–Trinajstić information content (AvgIpc) is 2.08. The Morgan fingerprint density at radius 3 is 2.23 bits per heavy atom. The van der Waals surface area contributed by atoms with Crippen molar-refractivity contribution in [1.29, 1.82) is 0 Å². The number of amides is 1. The first-order chi connectivity index (χ1) is 6.09. The molecule has 3 heteroatoms. The van der Waals surface area contributed by atoms with E-state index in [1.165, 1.54) is 17.7 Å². The number of carbonyl (C=O) groups excluding carboxylic acids is 1. The van der Waals surface area contributed by atoms with Gasteiger partial charge in [-0.15, -0.1) is 0 Å². The zero-order chi connectivity index (χ0) is 9.84. The molecule has 1 saturated carbocycles. The maximum absolute atomic E-state index is 11.2. The fraction of sp³-hybridized carbons (Fsp3) is 0.900. The summed E-state index contributed by atoms with van der Waals surface area (Å²) in [5.74, 6) is 0.800. The molecule has 13 heavy (non-hydrogen) atoms. The lowest BCUT2D eigenvalue weighted by atomic mass is 9.89. The topological polar surface area (TPSA) is 29.5 Å². The first-order valence-electron chi connectivity index (χ1n) is 4.97. The highest BCUT2D eigenvalue weighted by atomic mass is 16.6. The van der Waals surface area contributed by atoms with Crippen LogP contribution in [0.2, 0.25) is 0 Å². The normalized spacial score (nSPS) is 28.2. The van der Waals surface area contributed by atoms with Gasteiger partial charge in [0.15, 0.2) is 0 Å². The van der Waals surface area contributed by atoms with Crippen LogP contribution in [0.25, 0.3) is 0 Å². The highest BCUT2D eigenvalue weighted by Crippen LogP contribution is 2.25. The van der Waals surface area contributed by atoms with Crippen LogP contribution in [-0.4, -0.2) is 31.2 Å². The second kappa shape index (κ2) is 4.49. The first kappa shape index (κ1) is 10.4. The van der Waals surface area contributed by atoms with Gasteiger partial charge < -0.3 is 9.64 Å². The van der Waals surface area contributed by atoms with E-state index in [-0.39, 0.29) is 12.2 Å². The Hall–Kier alpha value is -0.730. The van der Waals surface area contributed by atoms with Crippen LogP contribution < -0.4 is 0 Å². The molecule has 0 aromatic heterocycles. The second-order valence-corrected chi connectivity index (χ2v) is 4.16. The SMILES string of the molecule is CN(C)C(=O)O[C@H]1CC[C@H](C)CC1. The molecule has 0 N–H and O–H groups in total. The van der Waals surface area contributed by atoms with Crippen molar-refractivity contribution in [2.24, 2.45) is 5.92 Å². The molecule has 1 aliphatic rings. The van der Waals surface area contributed by atoms with E-state index in [9.17, 15) is 4.79 Å². The van der Waals surface area contributed by atoms with Gasteiger partial charge in [-0.2, -0.15) is 0 Å². The average molecular weight is 185 g/mol. The highest BCUT2D eigenvalue weighted by molar-refractivity contribution is 5.66. The van der Waals surface area contributed by atoms with Gasteiger partial charge in [-0.05, 0) is 31.6 Å². The molecule has 3 nitrogen and oxygen atoms in total. The molecule has 1 amide bonds. The highest BCUT2D eigenvalue weighted by Gasteiger charge is 2.21. The summed E-state index contributed by atoms with van der Waals surface area (Å²) in [5.41, 5.74) is 0. The standard InChI is InChI=1S/C10H19NO2/c1-8-4-6-9(7-5-8)13-10(12)11(2)3/h8-9H,4-7H2,1-3H3/t8-,9-. The van der Waals surface area contributed by atoms with E-state index in [0.29, 0.717) is 0 Å². The number of hydrogen-bond donors (Lipinski definition) is 0. The van der Waals surface area contributed by atoms with Crippen LogP contribution in [0, 0.1) is 5.92 Å². The minimum Gasteiger partial charge on any atom is -0.446 e. The van der Waals surface area contributed by atoms with Gasteiger partial charge >= 0.3 is 6.09 Å². The summed E-state index contributed by atoms with van der Waals surface area (Å²) >= 11 is 0. The Bertz CT molecular complexity index is 172. The lowest BCUT2D eigenvalue weighted by Crippen LogP contribution is -2.30. The van der Waals surface area contributed by atoms with E-state index in [0.717, 1.165) is 18.8 Å². The zero-order valence-corrected chi connectivity index (χ0v) is 8.75. The third-order valence-corrected chi connectivity index (χ3v) is 2.60. The lowest BCUT2D eigenvalue weighted by molar-refractivity contribution is 0.0484. The third kappa shape index (κ3) is 3.25. The van der Waals surface area contributed by atoms with Crippen molar-refractivity contribution >= 4 is 6.09 Å². The number of nitrogens with zero attached hydrogens (tertiary/aromatic N) is 1. The Balaban J connectivity index is 2.26. The van der Waals surface area contributed by atoms with E-state index < -0.39 is 0 Å². The molecule has 1 rings (SSSR count). The Morgan fingerprint density at radius 1 is 1.23 bits per heavy atom. The second-order valence-electron chi connectivity index (χ2n) is 4.16. The van der Waals surface area contributed by atoms with Crippen LogP contribution in [0.3, 0.4) is 0 Å². The van der Waals surface area contributed by atoms with Crippen LogP contribution >= 0.6 is 0 Å². The monoisotopic (exact) mass is 185 g/mol. The van der Waals surface area contributed by atoms with Crippen LogP contribution in [0.15, 0.2) is 0 Å². The predicted octanol–water partition coefficient (Wildman–Crippen LogP) is 2.26. The fourth-order valence-electron chi connectivity index (χ4n) is 1.60. The van der Waals surface area contributed by atoms with Gasteiger partial charge in [0.2, 0.25) is 0 Å². The van der Waals surface area contributed by atoms with Gasteiger partial charge in [0, 0.05) is 14.1 Å². The molecule has 0 atom stereocenters. The number of hydrogen-bond acceptors (Lipinski definition) is 2. The quantitative estimate of drug-likeness (QED) is 0.627. The number of rotatable bonds is 1. The molecule has 76 valence electrons. The summed E-state index contributed by atoms with van der Waals surface area (Å²) in [5, 5.41) is 0. The van der Waals surface area contributed by atoms with Gasteiger partial charge in [0.1, 0.15) is 6.10 Å². The molecule has 1 fully saturated rings. The maximum atomic E-state index is 11.2. The third-order valence-electron chi connectivity index (χ3n) is 2.60. The van der Waals surface area contributed by atoms with Crippen molar-refractivity contribution in [3.05, 3.63) is 0 Å². The van der Waals surface area contributed by atoms with Crippen LogP contribution in [0.1, 0.15) is 32.6 Å². The molecule has 0 unspecified atom stereocenters. The van der Waals surface area contributed by atoms with E-state index in [1.807, 2.05) is 0 Å². The van der Waals surface area contributed by atoms with Crippen molar-refractivity contribution < 1.29 is 9.53 Å². The molecule has 0 spiro atoms. The predicted molar refractivity (Wildman–Crippen MR) is 51.6 cm³/mol. The summed E-state index contributed by atoms with van der Waals surface area (Å²) in [6, 6.07) is 0. The van der Waals surface area contributed by atoms with Gasteiger partial charge in [0.05, 0.1) is 0 Å². The molecule has 0 bridgehead atoms. The largest absolute Gasteiger partial charge is 0.446 e. The molecule has 0 aliphatic heterocycles. The van der Waals surface area contributed by atoms with Crippen LogP contribution in [-0.2, 0) is 4.74 Å². The molecular weight excluding hydrogens is 166 g/mol. The Morgan fingerprint density at radius 2 is 1.77 bits per heavy atom. The number of carbonyl (C=O) groups is 1. The van der Waals surface area contributed by atoms with E-state index in [2.05, 4.69) is 6.92 Å². The van der Waals surface area contributed by atoms with Crippen molar-refractivity contribution in [2.45, 2.75) is 38.7 Å². The zero-order valence-electron chi connectivity index (χ0n) is 8.75. The molecule has 0 aromatic rings. The summed E-state index contributed by atoms with van der Waals surface area (Å²) in [4.78, 5) is 12.7. The van der Waals surface area contributed by atoms with E-state index in [4.69, 9.17) is 4.74 Å². The lowest BCUT2D eigenvalue weighted by Gasteiger charge is -2.26. The van der Waals surface area contributed by atoms with Crippen molar-refractivity contribution in [1.82, 2.24) is 4.90 Å². The minimum absolute atomic E-state index is 0.158. The van der Waals surface area contributed by atoms with Crippen molar-refractivity contribution in [2.75, 3.05) is 14.1 Å². The molecular formula is C10H19NO2. The van der Waals surface area contributed by atoms with Crippen molar-refractivity contribution in [3.8, 4) is 0 Å². The Kier molecular flexibility index (Phi) is 3.58. The smallest absolute Gasteiger partial charge is 0.409 e. The van der Waals surface area contributed by atoms with Crippen LogP contribution in [0.5, 0.6) is 0 Å².